The summed E-state index contributed by atoms with van der Waals surface area (Å²) in [7, 11) is 0. The molecule has 25 heavy (non-hydrogen) atoms. The van der Waals surface area contributed by atoms with Crippen molar-refractivity contribution in [2.75, 3.05) is 13.2 Å². The van der Waals surface area contributed by atoms with Crippen LogP contribution in [-0.4, -0.2) is 30.4 Å². The van der Waals surface area contributed by atoms with Crippen LogP contribution < -0.4 is 15.8 Å². The summed E-state index contributed by atoms with van der Waals surface area (Å²) in [4.78, 5) is 5.33. The highest BCUT2D eigenvalue weighted by atomic mass is 35.5. The van der Waals surface area contributed by atoms with E-state index in [0.717, 1.165) is 15.4 Å². The van der Waals surface area contributed by atoms with E-state index in [4.69, 9.17) is 10.5 Å². The molecule has 0 saturated carbocycles. The molecule has 1 unspecified atom stereocenters. The number of rotatable bonds is 8. The monoisotopic (exact) mass is 395 g/mol. The van der Waals surface area contributed by atoms with Crippen LogP contribution in [0.4, 0.5) is 13.2 Å². The lowest BCUT2D eigenvalue weighted by molar-refractivity contribution is -0.126. The first kappa shape index (κ1) is 21.7. The Kier molecular flexibility index (Phi) is 8.64. The minimum absolute atomic E-state index is 0. The molecule has 0 spiro atoms. The van der Waals surface area contributed by atoms with Gasteiger partial charge in [0.1, 0.15) is 10.8 Å². The lowest BCUT2D eigenvalue weighted by Gasteiger charge is -2.15. The van der Waals surface area contributed by atoms with E-state index in [9.17, 15) is 13.2 Å². The van der Waals surface area contributed by atoms with Crippen molar-refractivity contribution in [1.29, 1.82) is 0 Å². The van der Waals surface area contributed by atoms with Gasteiger partial charge in [-0.25, -0.2) is 4.98 Å². The fraction of sp³-hybridized carbons (Fsp3) is 0.438. The van der Waals surface area contributed by atoms with Crippen molar-refractivity contribution in [3.8, 4) is 16.3 Å². The SMILES string of the molecule is CC(CCOc1ccc(-c2ncc(CN)s2)cc1)NCC(F)(F)F.Cl. The van der Waals surface area contributed by atoms with Gasteiger partial charge in [-0.1, -0.05) is 0 Å². The molecule has 0 aliphatic rings. The number of hydrogen-bond acceptors (Lipinski definition) is 5. The molecule has 0 aliphatic heterocycles. The highest BCUT2D eigenvalue weighted by Crippen LogP contribution is 2.26. The molecule has 2 rings (SSSR count). The summed E-state index contributed by atoms with van der Waals surface area (Å²) in [6.07, 6.45) is -1.94. The number of ether oxygens (including phenoxy) is 1. The molecule has 0 fully saturated rings. The number of hydrogen-bond donors (Lipinski definition) is 2. The average molecular weight is 396 g/mol. The molecular formula is C16H21ClF3N3OS. The molecule has 0 aliphatic carbocycles. The fourth-order valence-corrected chi connectivity index (χ4v) is 2.77. The second-order valence-corrected chi connectivity index (χ2v) is 6.51. The van der Waals surface area contributed by atoms with Gasteiger partial charge in [0.05, 0.1) is 13.2 Å². The molecule has 1 aromatic heterocycles. The number of nitrogens with one attached hydrogen (secondary N) is 1. The lowest BCUT2D eigenvalue weighted by atomic mass is 10.2. The third-order valence-electron chi connectivity index (χ3n) is 3.33. The van der Waals surface area contributed by atoms with Crippen LogP contribution in [0.1, 0.15) is 18.2 Å². The van der Waals surface area contributed by atoms with E-state index >= 15 is 0 Å². The van der Waals surface area contributed by atoms with Crippen LogP contribution in [0.5, 0.6) is 5.75 Å². The smallest absolute Gasteiger partial charge is 0.401 e. The Balaban J connectivity index is 0.00000312. The van der Waals surface area contributed by atoms with Crippen LogP contribution in [0.2, 0.25) is 0 Å². The van der Waals surface area contributed by atoms with E-state index in [0.29, 0.717) is 25.3 Å². The number of halogens is 4. The van der Waals surface area contributed by atoms with E-state index in [1.807, 2.05) is 24.3 Å². The van der Waals surface area contributed by atoms with Gasteiger partial charge < -0.3 is 15.8 Å². The number of nitrogens with zero attached hydrogens (tertiary/aromatic N) is 1. The fourth-order valence-electron chi connectivity index (χ4n) is 1.97. The van der Waals surface area contributed by atoms with Gasteiger partial charge in [-0.15, -0.1) is 23.7 Å². The van der Waals surface area contributed by atoms with Crippen molar-refractivity contribution in [1.82, 2.24) is 10.3 Å². The Morgan fingerprint density at radius 1 is 1.28 bits per heavy atom. The molecule has 0 bridgehead atoms. The normalized spacial score (nSPS) is 12.5. The quantitative estimate of drug-likeness (QED) is 0.709. The number of alkyl halides is 3. The number of aromatic nitrogens is 1. The summed E-state index contributed by atoms with van der Waals surface area (Å²) in [5.74, 6) is 0.678. The van der Waals surface area contributed by atoms with Crippen LogP contribution in [0, 0.1) is 0 Å². The third-order valence-corrected chi connectivity index (χ3v) is 4.40. The van der Waals surface area contributed by atoms with Crippen molar-refractivity contribution in [2.24, 2.45) is 5.73 Å². The Morgan fingerprint density at radius 2 is 1.96 bits per heavy atom. The van der Waals surface area contributed by atoms with E-state index in [2.05, 4.69) is 10.3 Å². The summed E-state index contributed by atoms with van der Waals surface area (Å²) < 4.78 is 41.9. The predicted molar refractivity (Wildman–Crippen MR) is 96.3 cm³/mol. The molecule has 1 heterocycles. The summed E-state index contributed by atoms with van der Waals surface area (Å²) in [5.41, 5.74) is 6.55. The Bertz CT molecular complexity index is 634. The second-order valence-electron chi connectivity index (χ2n) is 5.39. The van der Waals surface area contributed by atoms with Crippen molar-refractivity contribution < 1.29 is 17.9 Å². The number of thiazole rings is 1. The van der Waals surface area contributed by atoms with Gasteiger partial charge in [-0.2, -0.15) is 13.2 Å². The first-order chi connectivity index (χ1) is 11.4. The standard InChI is InChI=1S/C16H20F3N3OS.ClH/c1-11(22-10-16(17,18)19)6-7-23-13-4-2-12(3-5-13)15-21-9-14(8-20)24-15;/h2-5,9,11,22H,6-8,10,20H2,1H3;1H. The zero-order chi connectivity index (χ0) is 17.6. The van der Waals surface area contributed by atoms with E-state index in [-0.39, 0.29) is 18.4 Å². The van der Waals surface area contributed by atoms with Gasteiger partial charge in [-0.3, -0.25) is 0 Å². The highest BCUT2D eigenvalue weighted by Gasteiger charge is 2.27. The third kappa shape index (κ3) is 7.60. The van der Waals surface area contributed by atoms with Crippen molar-refractivity contribution in [3.05, 3.63) is 35.3 Å². The largest absolute Gasteiger partial charge is 0.494 e. The predicted octanol–water partition coefficient (Wildman–Crippen LogP) is 4.00. The summed E-state index contributed by atoms with van der Waals surface area (Å²) in [6, 6.07) is 7.19. The maximum absolute atomic E-state index is 12.1. The topological polar surface area (TPSA) is 60.2 Å². The van der Waals surface area contributed by atoms with Gasteiger partial charge in [0, 0.05) is 29.2 Å². The van der Waals surface area contributed by atoms with Crippen LogP contribution in [0.3, 0.4) is 0 Å². The summed E-state index contributed by atoms with van der Waals surface area (Å²) >= 11 is 1.54. The molecule has 9 heteroatoms. The highest BCUT2D eigenvalue weighted by molar-refractivity contribution is 7.15. The minimum atomic E-state index is -4.19. The zero-order valence-electron chi connectivity index (χ0n) is 13.7. The van der Waals surface area contributed by atoms with Crippen LogP contribution >= 0.6 is 23.7 Å². The Labute approximate surface area is 155 Å². The molecule has 0 saturated heterocycles. The van der Waals surface area contributed by atoms with Crippen LogP contribution in [0.25, 0.3) is 10.6 Å². The first-order valence-corrected chi connectivity index (χ1v) is 8.37. The summed E-state index contributed by atoms with van der Waals surface area (Å²) in [6.45, 7) is 1.54. The van der Waals surface area contributed by atoms with Gasteiger partial charge in [-0.05, 0) is 37.6 Å². The average Bonchev–Trinajstić information content (AvgIpc) is 3.02. The maximum atomic E-state index is 12.1. The molecule has 1 atom stereocenters. The minimum Gasteiger partial charge on any atom is -0.494 e. The van der Waals surface area contributed by atoms with Crippen LogP contribution in [-0.2, 0) is 6.54 Å². The maximum Gasteiger partial charge on any atom is 0.401 e. The molecule has 0 radical (unpaired) electrons. The molecule has 140 valence electrons. The van der Waals surface area contributed by atoms with Gasteiger partial charge in [0.2, 0.25) is 0 Å². The molecule has 2 aromatic rings. The van der Waals surface area contributed by atoms with Crippen molar-refractivity contribution in [2.45, 2.75) is 32.1 Å². The molecule has 1 aromatic carbocycles. The number of nitrogens with two attached hydrogens (primary N) is 1. The second kappa shape index (κ2) is 9.96. The van der Waals surface area contributed by atoms with Gasteiger partial charge >= 0.3 is 6.18 Å². The van der Waals surface area contributed by atoms with Crippen molar-refractivity contribution in [3.63, 3.8) is 0 Å². The van der Waals surface area contributed by atoms with Crippen molar-refractivity contribution >= 4 is 23.7 Å². The van der Waals surface area contributed by atoms with Crippen LogP contribution in [0.15, 0.2) is 30.5 Å². The van der Waals surface area contributed by atoms with Gasteiger partial charge in [0.25, 0.3) is 0 Å². The molecule has 4 nitrogen and oxygen atoms in total. The molecule has 3 N–H and O–H groups in total. The van der Waals surface area contributed by atoms with Gasteiger partial charge in [0.15, 0.2) is 0 Å². The summed E-state index contributed by atoms with van der Waals surface area (Å²) in [5, 5.41) is 3.32. The van der Waals surface area contributed by atoms with E-state index in [1.54, 1.807) is 24.5 Å². The first-order valence-electron chi connectivity index (χ1n) is 7.55. The Hall–Kier alpha value is -1.35. The number of benzene rings is 1. The molecular weight excluding hydrogens is 375 g/mol. The zero-order valence-corrected chi connectivity index (χ0v) is 15.3. The lowest BCUT2D eigenvalue weighted by Crippen LogP contribution is -2.36. The molecule has 0 amide bonds. The Morgan fingerprint density at radius 3 is 2.52 bits per heavy atom. The van der Waals surface area contributed by atoms with E-state index < -0.39 is 12.7 Å². The van der Waals surface area contributed by atoms with E-state index in [1.165, 1.54) is 0 Å².